The Morgan fingerprint density at radius 2 is 1.69 bits per heavy atom. The fraction of sp³-hybridized carbons (Fsp3) is 0.0909. The van der Waals surface area contributed by atoms with Gasteiger partial charge in [0.15, 0.2) is 0 Å². The van der Waals surface area contributed by atoms with E-state index in [-0.39, 0.29) is 32.3 Å². The van der Waals surface area contributed by atoms with Gasteiger partial charge in [-0.3, -0.25) is 9.36 Å². The summed E-state index contributed by atoms with van der Waals surface area (Å²) in [7, 11) is 1.42. The highest BCUT2D eigenvalue weighted by molar-refractivity contribution is 6.40. The average molecular weight is 480 g/mol. The van der Waals surface area contributed by atoms with Gasteiger partial charge in [-0.2, -0.15) is 13.2 Å². The first-order valence-electron chi connectivity index (χ1n) is 9.18. The van der Waals surface area contributed by atoms with Crippen LogP contribution in [-0.4, -0.2) is 22.6 Å². The third-order valence-electron chi connectivity index (χ3n) is 4.69. The monoisotopic (exact) mass is 479 g/mol. The molecule has 0 aliphatic rings. The predicted octanol–water partition coefficient (Wildman–Crippen LogP) is 6.61. The molecule has 5 nitrogen and oxygen atoms in total. The number of imidazole rings is 1. The highest BCUT2D eigenvalue weighted by Crippen LogP contribution is 2.35. The van der Waals surface area contributed by atoms with Crippen molar-refractivity contribution in [2.45, 2.75) is 6.18 Å². The molecule has 0 fully saturated rings. The number of rotatable bonds is 4. The lowest BCUT2D eigenvalue weighted by Crippen LogP contribution is -2.14. The van der Waals surface area contributed by atoms with Crippen LogP contribution in [0.25, 0.3) is 16.7 Å². The summed E-state index contributed by atoms with van der Waals surface area (Å²) in [4.78, 5) is 16.3. The standard InChI is InChI=1S/C22H14Cl2F3N3O2/c1-32-14-9-10-18-17(11-14)29-21(22(25,26)27)30(18)13-7-5-12(6-8-13)28-20(31)19-15(23)3-2-4-16(19)24/h2-11H,1H3,(H,28,31). The zero-order chi connectivity index (χ0) is 23.0. The molecule has 1 amide bonds. The summed E-state index contributed by atoms with van der Waals surface area (Å²) in [6.45, 7) is 0. The van der Waals surface area contributed by atoms with Gasteiger partial charge in [0.1, 0.15) is 5.75 Å². The van der Waals surface area contributed by atoms with Crippen LogP contribution in [-0.2, 0) is 6.18 Å². The van der Waals surface area contributed by atoms with Gasteiger partial charge in [-0.15, -0.1) is 0 Å². The Bertz CT molecular complexity index is 1300. The largest absolute Gasteiger partial charge is 0.497 e. The Hall–Kier alpha value is -3.23. The first kappa shape index (κ1) is 22.0. The van der Waals surface area contributed by atoms with Gasteiger partial charge in [-0.05, 0) is 48.5 Å². The van der Waals surface area contributed by atoms with E-state index < -0.39 is 17.9 Å². The van der Waals surface area contributed by atoms with Crippen LogP contribution in [0.2, 0.25) is 10.0 Å². The molecular formula is C22H14Cl2F3N3O2. The van der Waals surface area contributed by atoms with Crippen molar-refractivity contribution in [3.05, 3.63) is 82.1 Å². The number of aromatic nitrogens is 2. The Balaban J connectivity index is 1.71. The molecule has 4 aromatic rings. The maximum Gasteiger partial charge on any atom is 0.450 e. The van der Waals surface area contributed by atoms with Crippen molar-refractivity contribution in [1.29, 1.82) is 0 Å². The summed E-state index contributed by atoms with van der Waals surface area (Å²) in [5.41, 5.74) is 1.09. The van der Waals surface area contributed by atoms with Crippen molar-refractivity contribution in [1.82, 2.24) is 9.55 Å². The van der Waals surface area contributed by atoms with Crippen LogP contribution < -0.4 is 10.1 Å². The molecule has 0 radical (unpaired) electrons. The summed E-state index contributed by atoms with van der Waals surface area (Å²) in [6.07, 6.45) is -4.68. The molecule has 32 heavy (non-hydrogen) atoms. The summed E-state index contributed by atoms with van der Waals surface area (Å²) < 4.78 is 47.1. The molecule has 0 aliphatic heterocycles. The van der Waals surface area contributed by atoms with Gasteiger partial charge in [-0.1, -0.05) is 29.3 Å². The minimum absolute atomic E-state index is 0.105. The van der Waals surface area contributed by atoms with E-state index in [1.807, 2.05) is 0 Å². The van der Waals surface area contributed by atoms with Crippen LogP contribution in [0.4, 0.5) is 18.9 Å². The first-order valence-corrected chi connectivity index (χ1v) is 9.94. The maximum absolute atomic E-state index is 13.7. The molecule has 4 rings (SSSR count). The Morgan fingerprint density at radius 3 is 2.28 bits per heavy atom. The second kappa shape index (κ2) is 8.37. The Labute approximate surface area is 190 Å². The van der Waals surface area contributed by atoms with Gasteiger partial charge in [0.25, 0.3) is 5.91 Å². The predicted molar refractivity (Wildman–Crippen MR) is 117 cm³/mol. The van der Waals surface area contributed by atoms with E-state index in [9.17, 15) is 18.0 Å². The highest BCUT2D eigenvalue weighted by atomic mass is 35.5. The zero-order valence-corrected chi connectivity index (χ0v) is 17.9. The normalized spacial score (nSPS) is 11.6. The molecule has 0 saturated heterocycles. The quantitative estimate of drug-likeness (QED) is 0.358. The fourth-order valence-electron chi connectivity index (χ4n) is 3.24. The highest BCUT2D eigenvalue weighted by Gasteiger charge is 2.38. The average Bonchev–Trinajstić information content (AvgIpc) is 3.13. The molecule has 0 unspecified atom stereocenters. The number of carbonyl (C=O) groups excluding carboxylic acids is 1. The van der Waals surface area contributed by atoms with E-state index >= 15 is 0 Å². The van der Waals surface area contributed by atoms with Crippen LogP contribution in [0.3, 0.4) is 0 Å². The van der Waals surface area contributed by atoms with Gasteiger partial charge in [0.05, 0.1) is 33.8 Å². The molecule has 0 saturated carbocycles. The Kier molecular flexibility index (Phi) is 5.75. The third kappa shape index (κ3) is 4.11. The molecule has 3 aromatic carbocycles. The van der Waals surface area contributed by atoms with Crippen LogP contribution in [0.5, 0.6) is 5.75 Å². The van der Waals surface area contributed by atoms with Crippen molar-refractivity contribution < 1.29 is 22.7 Å². The lowest BCUT2D eigenvalue weighted by molar-refractivity contribution is -0.145. The number of alkyl halides is 3. The van der Waals surface area contributed by atoms with Crippen molar-refractivity contribution in [3.63, 3.8) is 0 Å². The lowest BCUT2D eigenvalue weighted by Gasteiger charge is -2.13. The number of hydrogen-bond donors (Lipinski definition) is 1. The molecule has 0 spiro atoms. The molecule has 0 atom stereocenters. The molecule has 0 bridgehead atoms. The van der Waals surface area contributed by atoms with Crippen molar-refractivity contribution >= 4 is 45.8 Å². The molecule has 0 aliphatic carbocycles. The number of anilines is 1. The van der Waals surface area contributed by atoms with Crippen LogP contribution >= 0.6 is 23.2 Å². The first-order chi connectivity index (χ1) is 15.2. The number of nitrogens with zero attached hydrogens (tertiary/aromatic N) is 2. The molecular weight excluding hydrogens is 466 g/mol. The number of amides is 1. The van der Waals surface area contributed by atoms with Crippen molar-refractivity contribution in [3.8, 4) is 11.4 Å². The number of nitrogens with one attached hydrogen (secondary N) is 1. The molecule has 1 N–H and O–H groups in total. The van der Waals surface area contributed by atoms with E-state index in [1.54, 1.807) is 12.1 Å². The van der Waals surface area contributed by atoms with E-state index in [0.717, 1.165) is 4.57 Å². The fourth-order valence-corrected chi connectivity index (χ4v) is 3.81. The Morgan fingerprint density at radius 1 is 1.03 bits per heavy atom. The van der Waals surface area contributed by atoms with E-state index in [0.29, 0.717) is 11.4 Å². The van der Waals surface area contributed by atoms with Gasteiger partial charge in [0.2, 0.25) is 5.82 Å². The molecule has 164 valence electrons. The smallest absolute Gasteiger partial charge is 0.450 e. The number of benzene rings is 3. The van der Waals surface area contributed by atoms with Gasteiger partial charge in [0, 0.05) is 17.4 Å². The van der Waals surface area contributed by atoms with Crippen LogP contribution in [0.1, 0.15) is 16.2 Å². The minimum Gasteiger partial charge on any atom is -0.497 e. The van der Waals surface area contributed by atoms with Gasteiger partial charge >= 0.3 is 6.18 Å². The summed E-state index contributed by atoms with van der Waals surface area (Å²) in [6, 6.07) is 15.0. The number of carbonyl (C=O) groups is 1. The summed E-state index contributed by atoms with van der Waals surface area (Å²) in [5, 5.41) is 3.00. The minimum atomic E-state index is -4.68. The number of fused-ring (bicyclic) bond motifs is 1. The van der Waals surface area contributed by atoms with E-state index in [1.165, 1.54) is 55.6 Å². The van der Waals surface area contributed by atoms with Crippen molar-refractivity contribution in [2.75, 3.05) is 12.4 Å². The van der Waals surface area contributed by atoms with Crippen LogP contribution in [0, 0.1) is 0 Å². The molecule has 1 aromatic heterocycles. The maximum atomic E-state index is 13.7. The molecule has 10 heteroatoms. The number of methoxy groups -OCH3 is 1. The number of ether oxygens (including phenoxy) is 1. The number of hydrogen-bond acceptors (Lipinski definition) is 3. The third-order valence-corrected chi connectivity index (χ3v) is 5.32. The van der Waals surface area contributed by atoms with E-state index in [2.05, 4.69) is 10.3 Å². The topological polar surface area (TPSA) is 56.1 Å². The lowest BCUT2D eigenvalue weighted by atomic mass is 10.2. The summed E-state index contributed by atoms with van der Waals surface area (Å²) in [5.74, 6) is -1.21. The van der Waals surface area contributed by atoms with Gasteiger partial charge < -0.3 is 10.1 Å². The van der Waals surface area contributed by atoms with Crippen molar-refractivity contribution in [2.24, 2.45) is 0 Å². The second-order valence-corrected chi connectivity index (χ2v) is 7.54. The second-order valence-electron chi connectivity index (χ2n) is 6.72. The van der Waals surface area contributed by atoms with Gasteiger partial charge in [-0.25, -0.2) is 4.98 Å². The van der Waals surface area contributed by atoms with E-state index in [4.69, 9.17) is 27.9 Å². The summed E-state index contributed by atoms with van der Waals surface area (Å²) >= 11 is 12.1. The zero-order valence-electron chi connectivity index (χ0n) is 16.4. The SMILES string of the molecule is COc1ccc2c(c1)nc(C(F)(F)F)n2-c1ccc(NC(=O)c2c(Cl)cccc2Cl)cc1. The molecule has 1 heterocycles. The number of halogens is 5. The van der Waals surface area contributed by atoms with Crippen LogP contribution in [0.15, 0.2) is 60.7 Å².